The highest BCUT2D eigenvalue weighted by Crippen LogP contribution is 2.35. The molecule has 3 heteroatoms. The Morgan fingerprint density at radius 1 is 0.386 bits per heavy atom. The molecule has 3 aromatic heterocycles. The van der Waals surface area contributed by atoms with Crippen molar-refractivity contribution in [2.24, 2.45) is 0 Å². The summed E-state index contributed by atoms with van der Waals surface area (Å²) >= 11 is 0. The highest BCUT2D eigenvalue weighted by molar-refractivity contribution is 6.10. The average molecular weight is 738 g/mol. The third kappa shape index (κ3) is 6.15. The highest BCUT2D eigenvalue weighted by atomic mass is 15.0. The summed E-state index contributed by atoms with van der Waals surface area (Å²) in [5.74, 6) is 0. The van der Waals surface area contributed by atoms with E-state index in [-0.39, 0.29) is 0 Å². The Labute approximate surface area is 334 Å². The number of para-hydroxylation sites is 3. The molecular formula is C54H47N3. The van der Waals surface area contributed by atoms with Crippen molar-refractivity contribution >= 4 is 91.0 Å². The summed E-state index contributed by atoms with van der Waals surface area (Å²) in [6.45, 7) is 9.60. The number of hydrogen-bond acceptors (Lipinski definition) is 0. The average Bonchev–Trinajstić information content (AvgIpc) is 3.88. The van der Waals surface area contributed by atoms with Crippen LogP contribution in [0.25, 0.3) is 91.0 Å². The summed E-state index contributed by atoms with van der Waals surface area (Å²) in [6.07, 6.45) is 18.2. The molecule has 0 spiro atoms. The number of hydrogen-bond donors (Lipinski definition) is 0. The number of aryl methyl sites for hydroxylation is 3. The SMILES string of the molecule is CCn1c2c(c3ccccc31)C=C(/C=C/c1cc(/C=C/c3ccc4c(c3)c3ccccc3n4CC)cc(/C=C/c3ccc4c(c3)c3ccccc3n4CC)c1)CC2. The summed E-state index contributed by atoms with van der Waals surface area (Å²) in [5.41, 5.74) is 16.7. The van der Waals surface area contributed by atoms with Crippen LogP contribution < -0.4 is 0 Å². The molecule has 0 unspecified atom stereocenters. The first-order valence-corrected chi connectivity index (χ1v) is 20.6. The van der Waals surface area contributed by atoms with Crippen LogP contribution in [0.3, 0.4) is 0 Å². The molecule has 278 valence electrons. The molecule has 3 heterocycles. The summed E-state index contributed by atoms with van der Waals surface area (Å²) in [7, 11) is 0. The van der Waals surface area contributed by atoms with Crippen molar-refractivity contribution in [3.05, 3.63) is 178 Å². The minimum atomic E-state index is 0.950. The van der Waals surface area contributed by atoms with E-state index < -0.39 is 0 Å². The number of fused-ring (bicyclic) bond motifs is 9. The van der Waals surface area contributed by atoms with Crippen molar-refractivity contribution in [1.29, 1.82) is 0 Å². The molecule has 6 aromatic carbocycles. The van der Waals surface area contributed by atoms with Crippen molar-refractivity contribution in [2.75, 3.05) is 0 Å². The Bertz CT molecular complexity index is 2980. The van der Waals surface area contributed by atoms with Crippen LogP contribution in [0.4, 0.5) is 0 Å². The predicted molar refractivity (Wildman–Crippen MR) is 247 cm³/mol. The Morgan fingerprint density at radius 3 is 1.32 bits per heavy atom. The first-order chi connectivity index (χ1) is 28.1. The molecule has 0 aliphatic heterocycles. The van der Waals surface area contributed by atoms with Crippen LogP contribution in [0.5, 0.6) is 0 Å². The molecular weight excluding hydrogens is 691 g/mol. The van der Waals surface area contributed by atoms with Gasteiger partial charge < -0.3 is 13.7 Å². The van der Waals surface area contributed by atoms with Gasteiger partial charge in [-0.1, -0.05) is 103 Å². The van der Waals surface area contributed by atoms with E-state index >= 15 is 0 Å². The number of nitrogens with zero attached hydrogens (tertiary/aromatic N) is 3. The lowest BCUT2D eigenvalue weighted by Crippen LogP contribution is -2.04. The zero-order valence-electron chi connectivity index (χ0n) is 33.0. The first-order valence-electron chi connectivity index (χ1n) is 20.6. The maximum atomic E-state index is 2.50. The number of aromatic nitrogens is 3. The van der Waals surface area contributed by atoms with E-state index in [2.05, 4.69) is 204 Å². The third-order valence-electron chi connectivity index (χ3n) is 12.1. The van der Waals surface area contributed by atoms with Crippen LogP contribution in [-0.2, 0) is 26.1 Å². The maximum absolute atomic E-state index is 2.50. The van der Waals surface area contributed by atoms with Crippen molar-refractivity contribution in [2.45, 2.75) is 53.2 Å². The van der Waals surface area contributed by atoms with Gasteiger partial charge in [0.2, 0.25) is 0 Å². The van der Waals surface area contributed by atoms with Gasteiger partial charge in [-0.2, -0.15) is 0 Å². The topological polar surface area (TPSA) is 14.8 Å². The Kier molecular flexibility index (Phi) is 8.87. The first kappa shape index (κ1) is 34.9. The van der Waals surface area contributed by atoms with Gasteiger partial charge in [-0.05, 0) is 134 Å². The molecule has 0 radical (unpaired) electrons. The van der Waals surface area contributed by atoms with Gasteiger partial charge in [0, 0.05) is 85.4 Å². The van der Waals surface area contributed by atoms with Crippen LogP contribution in [0.1, 0.15) is 66.3 Å². The number of rotatable bonds is 9. The smallest absolute Gasteiger partial charge is 0.0491 e. The van der Waals surface area contributed by atoms with Gasteiger partial charge in [-0.25, -0.2) is 0 Å². The number of benzene rings is 6. The molecule has 10 rings (SSSR count). The molecule has 0 saturated heterocycles. The van der Waals surface area contributed by atoms with E-state index in [9.17, 15) is 0 Å². The quantitative estimate of drug-likeness (QED) is 0.131. The van der Waals surface area contributed by atoms with Crippen LogP contribution in [0.15, 0.2) is 139 Å². The van der Waals surface area contributed by atoms with E-state index in [0.717, 1.165) is 32.5 Å². The fraction of sp³-hybridized carbons (Fsp3) is 0.148. The van der Waals surface area contributed by atoms with Gasteiger partial charge in [-0.15, -0.1) is 0 Å². The zero-order valence-corrected chi connectivity index (χ0v) is 33.0. The standard InChI is InChI=1S/C54H47N3/c1-4-55-49-16-10-7-13-43(49)46-34-37(25-28-52(46)55)19-22-40-31-41(23-20-38-26-29-53-47(35-38)44-14-8-11-17-50(44)56(53)5-2)33-42(32-40)24-21-39-27-30-54-48(36-39)45-15-9-12-18-51(45)57(54)6-3/h7-26,28-29,31-36H,4-6,27,30H2,1-3H3/b22-19+,23-20+,24-21+. The maximum Gasteiger partial charge on any atom is 0.0491 e. The second-order valence-electron chi connectivity index (χ2n) is 15.4. The van der Waals surface area contributed by atoms with Crippen LogP contribution in [0, 0.1) is 0 Å². The van der Waals surface area contributed by atoms with Crippen molar-refractivity contribution < 1.29 is 0 Å². The normalized spacial score (nSPS) is 13.5. The molecule has 0 N–H and O–H groups in total. The minimum absolute atomic E-state index is 0.950. The molecule has 3 nitrogen and oxygen atoms in total. The molecule has 0 bridgehead atoms. The van der Waals surface area contributed by atoms with E-state index in [1.54, 1.807) is 0 Å². The lowest BCUT2D eigenvalue weighted by molar-refractivity contribution is 0.724. The molecule has 0 fully saturated rings. The fourth-order valence-electron chi connectivity index (χ4n) is 9.44. The molecule has 0 saturated carbocycles. The van der Waals surface area contributed by atoms with Crippen LogP contribution in [-0.4, -0.2) is 13.7 Å². The predicted octanol–water partition coefficient (Wildman–Crippen LogP) is 14.3. The highest BCUT2D eigenvalue weighted by Gasteiger charge is 2.18. The van der Waals surface area contributed by atoms with Gasteiger partial charge >= 0.3 is 0 Å². The second-order valence-corrected chi connectivity index (χ2v) is 15.4. The minimum Gasteiger partial charge on any atom is -0.344 e. The van der Waals surface area contributed by atoms with E-state index in [1.165, 1.54) is 99.2 Å². The zero-order chi connectivity index (χ0) is 38.5. The molecule has 9 aromatic rings. The Hall–Kier alpha value is -6.58. The van der Waals surface area contributed by atoms with E-state index in [1.807, 2.05) is 0 Å². The molecule has 57 heavy (non-hydrogen) atoms. The van der Waals surface area contributed by atoms with Gasteiger partial charge in [0.05, 0.1) is 0 Å². The monoisotopic (exact) mass is 737 g/mol. The Balaban J connectivity index is 1.02. The van der Waals surface area contributed by atoms with Gasteiger partial charge in [-0.3, -0.25) is 0 Å². The number of allylic oxidation sites excluding steroid dienone is 2. The summed E-state index contributed by atoms with van der Waals surface area (Å²) in [6, 6.07) is 47.1. The molecule has 1 aliphatic carbocycles. The van der Waals surface area contributed by atoms with Gasteiger partial charge in [0.25, 0.3) is 0 Å². The van der Waals surface area contributed by atoms with Crippen molar-refractivity contribution in [3.63, 3.8) is 0 Å². The van der Waals surface area contributed by atoms with Crippen LogP contribution in [0.2, 0.25) is 0 Å². The molecule has 0 amide bonds. The van der Waals surface area contributed by atoms with E-state index in [4.69, 9.17) is 0 Å². The van der Waals surface area contributed by atoms with Gasteiger partial charge in [0.1, 0.15) is 0 Å². The van der Waals surface area contributed by atoms with Crippen molar-refractivity contribution in [1.82, 2.24) is 13.7 Å². The molecule has 1 aliphatic rings. The summed E-state index contributed by atoms with van der Waals surface area (Å²) in [5, 5.41) is 6.59. The van der Waals surface area contributed by atoms with Gasteiger partial charge in [0.15, 0.2) is 0 Å². The third-order valence-corrected chi connectivity index (χ3v) is 12.1. The molecule has 0 atom stereocenters. The Morgan fingerprint density at radius 2 is 0.807 bits per heavy atom. The lowest BCUT2D eigenvalue weighted by atomic mass is 9.94. The second kappa shape index (κ2) is 14.5. The summed E-state index contributed by atoms with van der Waals surface area (Å²) < 4.78 is 7.32. The summed E-state index contributed by atoms with van der Waals surface area (Å²) in [4.78, 5) is 0. The lowest BCUT2D eigenvalue weighted by Gasteiger charge is -2.14. The van der Waals surface area contributed by atoms with Crippen molar-refractivity contribution in [3.8, 4) is 0 Å². The van der Waals surface area contributed by atoms with Crippen LogP contribution >= 0.6 is 0 Å². The largest absolute Gasteiger partial charge is 0.344 e. The fourth-order valence-corrected chi connectivity index (χ4v) is 9.44. The van der Waals surface area contributed by atoms with E-state index in [0.29, 0.717) is 0 Å².